The minimum Gasteiger partial charge on any atom is -0.481 e. The summed E-state index contributed by atoms with van der Waals surface area (Å²) in [4.78, 5) is 10.6. The van der Waals surface area contributed by atoms with Crippen LogP contribution in [0.1, 0.15) is 22.9 Å². The Morgan fingerprint density at radius 2 is 2.30 bits per heavy atom. The largest absolute Gasteiger partial charge is 0.481 e. The summed E-state index contributed by atoms with van der Waals surface area (Å²) in [5.74, 6) is -0.906. The van der Waals surface area contributed by atoms with Gasteiger partial charge in [-0.25, -0.2) is 4.68 Å². The van der Waals surface area contributed by atoms with E-state index in [2.05, 4.69) is 22.4 Å². The SMILES string of the molecule is O=C(O)Cc1cn(CC2OCCc3ccccc32)nn1. The third-order valence-corrected chi connectivity index (χ3v) is 3.36. The molecule has 0 amide bonds. The molecule has 6 nitrogen and oxygen atoms in total. The molecule has 1 aliphatic rings. The van der Waals surface area contributed by atoms with Gasteiger partial charge in [-0.05, 0) is 17.5 Å². The van der Waals surface area contributed by atoms with Crippen LogP contribution in [0, 0.1) is 0 Å². The number of hydrogen-bond donors (Lipinski definition) is 1. The highest BCUT2D eigenvalue weighted by atomic mass is 16.5. The Kier molecular flexibility index (Phi) is 3.47. The van der Waals surface area contributed by atoms with Crippen LogP contribution < -0.4 is 0 Å². The van der Waals surface area contributed by atoms with Gasteiger partial charge in [-0.1, -0.05) is 29.5 Å². The zero-order valence-electron chi connectivity index (χ0n) is 10.9. The van der Waals surface area contributed by atoms with Crippen molar-refractivity contribution in [1.29, 1.82) is 0 Å². The average molecular weight is 273 g/mol. The quantitative estimate of drug-likeness (QED) is 0.906. The van der Waals surface area contributed by atoms with E-state index in [1.165, 1.54) is 11.1 Å². The summed E-state index contributed by atoms with van der Waals surface area (Å²) in [6, 6.07) is 8.20. The molecule has 1 aromatic carbocycles. The monoisotopic (exact) mass is 273 g/mol. The van der Waals surface area contributed by atoms with Crippen molar-refractivity contribution in [2.45, 2.75) is 25.5 Å². The van der Waals surface area contributed by atoms with Gasteiger partial charge in [0.1, 0.15) is 6.10 Å². The van der Waals surface area contributed by atoms with Gasteiger partial charge in [0.15, 0.2) is 0 Å². The normalized spacial score (nSPS) is 17.7. The number of fused-ring (bicyclic) bond motifs is 1. The van der Waals surface area contributed by atoms with Crippen LogP contribution in [0.2, 0.25) is 0 Å². The molecule has 0 spiro atoms. The summed E-state index contributed by atoms with van der Waals surface area (Å²) in [6.07, 6.45) is 2.42. The number of carbonyl (C=O) groups is 1. The Bertz CT molecular complexity index is 624. The van der Waals surface area contributed by atoms with Crippen LogP contribution >= 0.6 is 0 Å². The van der Waals surface area contributed by atoms with Crippen molar-refractivity contribution in [2.24, 2.45) is 0 Å². The number of carboxylic acid groups (broad SMARTS) is 1. The molecule has 1 N–H and O–H groups in total. The lowest BCUT2D eigenvalue weighted by Gasteiger charge is -2.25. The molecule has 1 unspecified atom stereocenters. The van der Waals surface area contributed by atoms with Crippen LogP contribution in [0.4, 0.5) is 0 Å². The third kappa shape index (κ3) is 2.70. The van der Waals surface area contributed by atoms with Gasteiger partial charge in [0.2, 0.25) is 0 Å². The van der Waals surface area contributed by atoms with Crippen molar-refractivity contribution in [3.8, 4) is 0 Å². The van der Waals surface area contributed by atoms with Crippen LogP contribution in [-0.4, -0.2) is 32.7 Å². The van der Waals surface area contributed by atoms with E-state index in [0.29, 0.717) is 18.8 Å². The molecule has 1 aromatic heterocycles. The minimum atomic E-state index is -0.906. The lowest BCUT2D eigenvalue weighted by Crippen LogP contribution is -2.20. The molecule has 1 aliphatic heterocycles. The second-order valence-electron chi connectivity index (χ2n) is 4.81. The van der Waals surface area contributed by atoms with Gasteiger partial charge < -0.3 is 9.84 Å². The Hall–Kier alpha value is -2.21. The van der Waals surface area contributed by atoms with Gasteiger partial charge in [0.05, 0.1) is 25.3 Å². The van der Waals surface area contributed by atoms with Crippen LogP contribution in [0.15, 0.2) is 30.5 Å². The maximum absolute atomic E-state index is 10.6. The van der Waals surface area contributed by atoms with E-state index in [-0.39, 0.29) is 12.5 Å². The molecular formula is C14H15N3O3. The number of rotatable bonds is 4. The van der Waals surface area contributed by atoms with Crippen LogP contribution in [0.5, 0.6) is 0 Å². The molecule has 0 aliphatic carbocycles. The fraction of sp³-hybridized carbons (Fsp3) is 0.357. The Morgan fingerprint density at radius 1 is 1.45 bits per heavy atom. The van der Waals surface area contributed by atoms with Crippen molar-refractivity contribution >= 4 is 5.97 Å². The molecule has 0 saturated carbocycles. The number of aromatic nitrogens is 3. The highest BCUT2D eigenvalue weighted by Gasteiger charge is 2.21. The molecule has 0 bridgehead atoms. The highest BCUT2D eigenvalue weighted by molar-refractivity contribution is 5.69. The maximum atomic E-state index is 10.6. The summed E-state index contributed by atoms with van der Waals surface area (Å²) in [5, 5.41) is 16.5. The zero-order chi connectivity index (χ0) is 13.9. The first-order valence-corrected chi connectivity index (χ1v) is 6.52. The number of benzene rings is 1. The van der Waals surface area contributed by atoms with E-state index >= 15 is 0 Å². The maximum Gasteiger partial charge on any atom is 0.309 e. The van der Waals surface area contributed by atoms with E-state index in [1.807, 2.05) is 12.1 Å². The van der Waals surface area contributed by atoms with Crippen LogP contribution in [0.3, 0.4) is 0 Å². The van der Waals surface area contributed by atoms with Crippen LogP contribution in [0.25, 0.3) is 0 Å². The van der Waals surface area contributed by atoms with E-state index in [9.17, 15) is 4.79 Å². The van der Waals surface area contributed by atoms with Gasteiger partial charge in [-0.15, -0.1) is 5.10 Å². The first kappa shape index (κ1) is 12.8. The summed E-state index contributed by atoms with van der Waals surface area (Å²) >= 11 is 0. The molecule has 2 aromatic rings. The Morgan fingerprint density at radius 3 is 3.15 bits per heavy atom. The number of nitrogens with zero attached hydrogens (tertiary/aromatic N) is 3. The molecular weight excluding hydrogens is 258 g/mol. The summed E-state index contributed by atoms with van der Waals surface area (Å²) in [5.41, 5.74) is 2.94. The molecule has 104 valence electrons. The predicted octanol–water partition coefficient (Wildman–Crippen LogP) is 1.22. The fourth-order valence-corrected chi connectivity index (χ4v) is 2.46. The zero-order valence-corrected chi connectivity index (χ0v) is 10.9. The number of carboxylic acids is 1. The van der Waals surface area contributed by atoms with Gasteiger partial charge in [0.25, 0.3) is 0 Å². The second-order valence-corrected chi connectivity index (χ2v) is 4.81. The molecule has 20 heavy (non-hydrogen) atoms. The summed E-state index contributed by atoms with van der Waals surface area (Å²) in [7, 11) is 0. The van der Waals surface area contributed by atoms with Gasteiger partial charge in [-0.2, -0.15) is 0 Å². The predicted molar refractivity (Wildman–Crippen MR) is 70.2 cm³/mol. The average Bonchev–Trinajstić information content (AvgIpc) is 2.86. The molecule has 0 fully saturated rings. The Balaban J connectivity index is 1.75. The highest BCUT2D eigenvalue weighted by Crippen LogP contribution is 2.27. The van der Waals surface area contributed by atoms with Crippen LogP contribution in [-0.2, 0) is 28.9 Å². The molecule has 0 radical (unpaired) electrons. The third-order valence-electron chi connectivity index (χ3n) is 3.36. The van der Waals surface area contributed by atoms with Gasteiger partial charge in [0, 0.05) is 6.20 Å². The van der Waals surface area contributed by atoms with Crippen molar-refractivity contribution in [1.82, 2.24) is 15.0 Å². The molecule has 6 heteroatoms. The fourth-order valence-electron chi connectivity index (χ4n) is 2.46. The van der Waals surface area contributed by atoms with E-state index in [4.69, 9.17) is 9.84 Å². The molecule has 2 heterocycles. The first-order chi connectivity index (χ1) is 9.72. The summed E-state index contributed by atoms with van der Waals surface area (Å²) < 4.78 is 7.44. The van der Waals surface area contributed by atoms with Crippen molar-refractivity contribution in [3.63, 3.8) is 0 Å². The number of aliphatic carboxylic acids is 1. The molecule has 3 rings (SSSR count). The first-order valence-electron chi connectivity index (χ1n) is 6.52. The number of hydrogen-bond acceptors (Lipinski definition) is 4. The van der Waals surface area contributed by atoms with E-state index in [1.54, 1.807) is 10.9 Å². The van der Waals surface area contributed by atoms with Gasteiger partial charge in [-0.3, -0.25) is 4.79 Å². The topological polar surface area (TPSA) is 77.2 Å². The van der Waals surface area contributed by atoms with Crippen molar-refractivity contribution in [2.75, 3.05) is 6.61 Å². The smallest absolute Gasteiger partial charge is 0.309 e. The molecule has 1 atom stereocenters. The van der Waals surface area contributed by atoms with Gasteiger partial charge >= 0.3 is 5.97 Å². The Labute approximate surface area is 116 Å². The second kappa shape index (κ2) is 5.42. The standard InChI is InChI=1S/C14H15N3O3/c18-14(19)7-11-8-17(16-15-11)9-13-12-4-2-1-3-10(12)5-6-20-13/h1-4,8,13H,5-7,9H2,(H,18,19). The van der Waals surface area contributed by atoms with E-state index < -0.39 is 5.97 Å². The van der Waals surface area contributed by atoms with Crippen molar-refractivity contribution < 1.29 is 14.6 Å². The lowest BCUT2D eigenvalue weighted by molar-refractivity contribution is -0.136. The lowest BCUT2D eigenvalue weighted by atomic mass is 9.98. The van der Waals surface area contributed by atoms with E-state index in [0.717, 1.165) is 6.42 Å². The molecule has 0 saturated heterocycles. The number of ether oxygens (including phenoxy) is 1. The summed E-state index contributed by atoms with van der Waals surface area (Å²) in [6.45, 7) is 1.24. The minimum absolute atomic E-state index is 0.0562. The van der Waals surface area contributed by atoms with Crippen molar-refractivity contribution in [3.05, 3.63) is 47.3 Å².